The van der Waals surface area contributed by atoms with E-state index in [-0.39, 0.29) is 41.1 Å². The predicted molar refractivity (Wildman–Crippen MR) is 160 cm³/mol. The van der Waals surface area contributed by atoms with Crippen LogP contribution in [0.25, 0.3) is 10.9 Å². The molecule has 0 saturated carbocycles. The summed E-state index contributed by atoms with van der Waals surface area (Å²) >= 11 is 6.08. The van der Waals surface area contributed by atoms with Crippen LogP contribution in [0.5, 0.6) is 0 Å². The molecule has 4 heterocycles. The average molecular weight is 627 g/mol. The molecule has 2 aliphatic rings. The number of nitrogens with zero attached hydrogens (tertiary/aromatic N) is 4. The number of sulfonamides is 1. The monoisotopic (exact) mass is 626 g/mol. The van der Waals surface area contributed by atoms with Crippen LogP contribution in [0.2, 0.25) is 5.15 Å². The SMILES string of the molecule is Cc1cc([C@@H](C)Nc2ccc(Cl)nc2C(=O)NS(=O)(=O)C2COC2)c2nc(N3Cc4ccc(F)cc4C3)n(C)c(=O)c2c1. The smallest absolute Gasteiger partial charge is 0.285 e. The molecule has 1 amide bonds. The van der Waals surface area contributed by atoms with Crippen LogP contribution in [0.3, 0.4) is 0 Å². The number of anilines is 2. The first-order valence-corrected chi connectivity index (χ1v) is 15.4. The molecule has 43 heavy (non-hydrogen) atoms. The van der Waals surface area contributed by atoms with Gasteiger partial charge < -0.3 is 15.0 Å². The second-order valence-electron chi connectivity index (χ2n) is 10.8. The van der Waals surface area contributed by atoms with Gasteiger partial charge in [0.15, 0.2) is 5.69 Å². The molecule has 2 aromatic carbocycles. The van der Waals surface area contributed by atoms with Gasteiger partial charge >= 0.3 is 0 Å². The summed E-state index contributed by atoms with van der Waals surface area (Å²) in [5, 5.41) is 2.84. The van der Waals surface area contributed by atoms with E-state index in [2.05, 4.69) is 15.0 Å². The first kappa shape index (κ1) is 29.0. The summed E-state index contributed by atoms with van der Waals surface area (Å²) in [6.45, 7) is 4.58. The number of halogens is 2. The lowest BCUT2D eigenvalue weighted by molar-refractivity contribution is 0.0410. The van der Waals surface area contributed by atoms with Crippen LogP contribution in [0, 0.1) is 12.7 Å². The van der Waals surface area contributed by atoms with Crippen LogP contribution >= 0.6 is 11.6 Å². The van der Waals surface area contributed by atoms with E-state index in [9.17, 15) is 22.4 Å². The molecule has 0 unspecified atom stereocenters. The van der Waals surface area contributed by atoms with Gasteiger partial charge in [-0.15, -0.1) is 0 Å². The third-order valence-corrected chi connectivity index (χ3v) is 9.53. The highest BCUT2D eigenvalue weighted by molar-refractivity contribution is 7.90. The number of amides is 1. The number of hydrogen-bond donors (Lipinski definition) is 2. The number of pyridine rings is 1. The van der Waals surface area contributed by atoms with Crippen molar-refractivity contribution in [3.8, 4) is 0 Å². The zero-order valence-corrected chi connectivity index (χ0v) is 25.1. The number of benzene rings is 2. The van der Waals surface area contributed by atoms with Crippen molar-refractivity contribution < 1.29 is 22.3 Å². The number of carbonyl (C=O) groups is 1. The molecule has 0 spiro atoms. The van der Waals surface area contributed by atoms with E-state index in [0.29, 0.717) is 35.5 Å². The fraction of sp³-hybridized carbons (Fsp3) is 0.310. The van der Waals surface area contributed by atoms with Crippen LogP contribution in [-0.2, 0) is 34.9 Å². The summed E-state index contributed by atoms with van der Waals surface area (Å²) in [5.74, 6) is -0.819. The number of nitrogens with one attached hydrogen (secondary N) is 2. The third kappa shape index (κ3) is 5.43. The highest BCUT2D eigenvalue weighted by atomic mass is 35.5. The van der Waals surface area contributed by atoms with Crippen molar-refractivity contribution in [3.05, 3.63) is 91.7 Å². The number of rotatable bonds is 7. The Balaban J connectivity index is 1.36. The van der Waals surface area contributed by atoms with Gasteiger partial charge in [0, 0.05) is 25.7 Å². The van der Waals surface area contributed by atoms with Crippen LogP contribution in [0.1, 0.15) is 45.7 Å². The lowest BCUT2D eigenvalue weighted by Crippen LogP contribution is -2.48. The zero-order valence-electron chi connectivity index (χ0n) is 23.5. The molecule has 14 heteroatoms. The Hall–Kier alpha value is -4.07. The molecule has 2 aromatic heterocycles. The van der Waals surface area contributed by atoms with E-state index in [1.54, 1.807) is 19.2 Å². The van der Waals surface area contributed by atoms with Crippen LogP contribution in [0.15, 0.2) is 47.3 Å². The number of ether oxygens (including phenoxy) is 1. The Morgan fingerprint density at radius 3 is 2.58 bits per heavy atom. The van der Waals surface area contributed by atoms with E-state index >= 15 is 0 Å². The summed E-state index contributed by atoms with van der Waals surface area (Å²) in [5.41, 5.74) is 3.57. The summed E-state index contributed by atoms with van der Waals surface area (Å²) in [4.78, 5) is 37.6. The molecule has 1 atom stereocenters. The summed E-state index contributed by atoms with van der Waals surface area (Å²) in [7, 11) is -2.31. The van der Waals surface area contributed by atoms with Crippen LogP contribution in [0.4, 0.5) is 16.0 Å². The van der Waals surface area contributed by atoms with Crippen molar-refractivity contribution in [3.63, 3.8) is 0 Å². The van der Waals surface area contributed by atoms with Gasteiger partial charge in [-0.3, -0.25) is 14.2 Å². The maximum Gasteiger partial charge on any atom is 0.285 e. The fourth-order valence-electron chi connectivity index (χ4n) is 5.35. The number of aromatic nitrogens is 3. The minimum atomic E-state index is -3.97. The molecule has 6 rings (SSSR count). The zero-order chi connectivity index (χ0) is 30.6. The fourth-order valence-corrected chi connectivity index (χ4v) is 6.57. The highest BCUT2D eigenvalue weighted by Gasteiger charge is 2.35. The highest BCUT2D eigenvalue weighted by Crippen LogP contribution is 2.32. The molecule has 0 aliphatic carbocycles. The Bertz CT molecular complexity index is 1960. The third-order valence-electron chi connectivity index (χ3n) is 7.70. The molecule has 2 N–H and O–H groups in total. The second-order valence-corrected chi connectivity index (χ2v) is 13.2. The topological polar surface area (TPSA) is 136 Å². The van der Waals surface area contributed by atoms with Crippen molar-refractivity contribution in [1.82, 2.24) is 19.3 Å². The van der Waals surface area contributed by atoms with Gasteiger partial charge in [-0.25, -0.2) is 27.5 Å². The Morgan fingerprint density at radius 1 is 1.12 bits per heavy atom. The molecule has 2 aliphatic heterocycles. The van der Waals surface area contributed by atoms with E-state index in [1.807, 2.05) is 24.8 Å². The van der Waals surface area contributed by atoms with Crippen molar-refractivity contribution in [2.45, 2.75) is 38.2 Å². The molecule has 1 fully saturated rings. The first-order valence-electron chi connectivity index (χ1n) is 13.5. The summed E-state index contributed by atoms with van der Waals surface area (Å²) in [6, 6.07) is 10.8. The lowest BCUT2D eigenvalue weighted by atomic mass is 10.0. The van der Waals surface area contributed by atoms with Crippen molar-refractivity contribution >= 4 is 50.1 Å². The van der Waals surface area contributed by atoms with Gasteiger partial charge in [-0.1, -0.05) is 23.7 Å². The number of carbonyl (C=O) groups excluding carboxylic acids is 1. The second kappa shape index (κ2) is 10.9. The Labute approximate surface area is 251 Å². The maximum absolute atomic E-state index is 13.9. The molecule has 224 valence electrons. The van der Waals surface area contributed by atoms with Gasteiger partial charge in [-0.2, -0.15) is 0 Å². The quantitative estimate of drug-likeness (QED) is 0.295. The Morgan fingerprint density at radius 2 is 1.86 bits per heavy atom. The molecular weight excluding hydrogens is 599 g/mol. The molecule has 4 aromatic rings. The van der Waals surface area contributed by atoms with E-state index < -0.39 is 27.2 Å². The van der Waals surface area contributed by atoms with Crippen LogP contribution < -0.4 is 20.5 Å². The lowest BCUT2D eigenvalue weighted by Gasteiger charge is -2.26. The average Bonchev–Trinajstić information content (AvgIpc) is 3.32. The largest absolute Gasteiger partial charge is 0.378 e. The molecule has 1 saturated heterocycles. The first-order chi connectivity index (χ1) is 20.4. The maximum atomic E-state index is 13.9. The summed E-state index contributed by atoms with van der Waals surface area (Å²) in [6.07, 6.45) is 0. The molecule has 0 bridgehead atoms. The number of hydrogen-bond acceptors (Lipinski definition) is 9. The van der Waals surface area contributed by atoms with E-state index in [0.717, 1.165) is 16.7 Å². The predicted octanol–water partition coefficient (Wildman–Crippen LogP) is 3.58. The van der Waals surface area contributed by atoms with Gasteiger partial charge in [0.1, 0.15) is 16.2 Å². The molecule has 0 radical (unpaired) electrons. The van der Waals surface area contributed by atoms with Crippen molar-refractivity contribution in [2.24, 2.45) is 7.05 Å². The van der Waals surface area contributed by atoms with Crippen molar-refractivity contribution in [1.29, 1.82) is 0 Å². The minimum Gasteiger partial charge on any atom is -0.378 e. The van der Waals surface area contributed by atoms with E-state index in [4.69, 9.17) is 21.3 Å². The summed E-state index contributed by atoms with van der Waals surface area (Å²) < 4.78 is 47.5. The standard InChI is InChI=1S/C29H28ClFN6O5S/c1-15-8-21(16(2)32-23-6-7-24(30)33-26(23)27(38)35-43(40,41)20-13-42-14-20)25-22(9-15)28(39)36(3)29(34-25)37-11-17-4-5-19(31)10-18(17)12-37/h4-10,16,20,32H,11-14H2,1-3H3,(H,35,38)/t16-/m1/s1. The number of fused-ring (bicyclic) bond motifs is 2. The Kier molecular flexibility index (Phi) is 7.35. The van der Waals surface area contributed by atoms with Gasteiger partial charge in [0.2, 0.25) is 16.0 Å². The minimum absolute atomic E-state index is 0.00299. The molecular formula is C29H28ClFN6O5S. The molecule has 11 nitrogen and oxygen atoms in total. The van der Waals surface area contributed by atoms with Gasteiger partial charge in [0.25, 0.3) is 11.5 Å². The van der Waals surface area contributed by atoms with Gasteiger partial charge in [-0.05, 0) is 60.9 Å². The van der Waals surface area contributed by atoms with Gasteiger partial charge in [0.05, 0.1) is 35.8 Å². The van der Waals surface area contributed by atoms with E-state index in [1.165, 1.54) is 28.8 Å². The normalized spacial score (nSPS) is 15.7. The van der Waals surface area contributed by atoms with Crippen LogP contribution in [-0.4, -0.2) is 47.3 Å². The van der Waals surface area contributed by atoms with Crippen molar-refractivity contribution in [2.75, 3.05) is 23.4 Å². The number of aryl methyl sites for hydroxylation is 1.